The smallest absolute Gasteiger partial charge is 0.120 e. The summed E-state index contributed by atoms with van der Waals surface area (Å²) in [6.45, 7) is 6.69. The van der Waals surface area contributed by atoms with E-state index in [-0.39, 0.29) is 0 Å². The van der Waals surface area contributed by atoms with E-state index in [0.717, 1.165) is 12.2 Å². The molecule has 1 aliphatic rings. The van der Waals surface area contributed by atoms with Gasteiger partial charge in [0.05, 0.1) is 13.0 Å². The van der Waals surface area contributed by atoms with E-state index in [1.807, 2.05) is 25.2 Å². The van der Waals surface area contributed by atoms with E-state index in [4.69, 9.17) is 0 Å². The van der Waals surface area contributed by atoms with Crippen LogP contribution in [0.1, 0.15) is 26.2 Å². The molecule has 0 amide bonds. The Kier molecular flexibility index (Phi) is 6.11. The van der Waals surface area contributed by atoms with Crippen molar-refractivity contribution in [1.29, 1.82) is 0 Å². The van der Waals surface area contributed by atoms with Gasteiger partial charge >= 0.3 is 0 Å². The molecule has 1 rings (SSSR count). The summed E-state index contributed by atoms with van der Waals surface area (Å²) in [7, 11) is 3.90. The van der Waals surface area contributed by atoms with Crippen LogP contribution >= 0.6 is 0 Å². The van der Waals surface area contributed by atoms with E-state index in [1.54, 1.807) is 6.34 Å². The van der Waals surface area contributed by atoms with Crippen molar-refractivity contribution in [3.63, 3.8) is 0 Å². The van der Waals surface area contributed by atoms with Crippen molar-refractivity contribution in [1.82, 2.24) is 20.9 Å². The minimum atomic E-state index is 0.601. The quantitative estimate of drug-likeness (QED) is 0.327. The SMILES string of the molecule is C=C(N=CN(C)CN/C=C(\CC)NC)NC1CC1. The van der Waals surface area contributed by atoms with E-state index in [2.05, 4.69) is 34.4 Å². The number of hydrogen-bond donors (Lipinski definition) is 3. The third-order valence-electron chi connectivity index (χ3n) is 2.68. The first kappa shape index (κ1) is 14.4. The molecule has 0 aliphatic heterocycles. The highest BCUT2D eigenvalue weighted by molar-refractivity contribution is 5.55. The lowest BCUT2D eigenvalue weighted by atomic mass is 10.4. The Balaban J connectivity index is 2.19. The monoisotopic (exact) mass is 251 g/mol. The number of nitrogens with one attached hydrogen (secondary N) is 3. The van der Waals surface area contributed by atoms with Crippen LogP contribution in [0.15, 0.2) is 29.3 Å². The van der Waals surface area contributed by atoms with Crippen LogP contribution in [-0.4, -0.2) is 38.0 Å². The standard InChI is InChI=1S/C13H25N5/c1-5-12(14-3)8-15-9-18(4)10-16-11(2)17-13-6-7-13/h8,10,13-15,17H,2,5-7,9H2,1,3-4H3/b12-8+,16-10?. The zero-order valence-electron chi connectivity index (χ0n) is 11.7. The maximum Gasteiger partial charge on any atom is 0.120 e. The minimum absolute atomic E-state index is 0.601. The Morgan fingerprint density at radius 1 is 1.50 bits per heavy atom. The summed E-state index contributed by atoms with van der Waals surface area (Å²) in [6, 6.07) is 0.601. The van der Waals surface area contributed by atoms with Gasteiger partial charge < -0.3 is 20.9 Å². The van der Waals surface area contributed by atoms with Gasteiger partial charge in [-0.2, -0.15) is 0 Å². The molecule has 0 unspecified atom stereocenters. The molecule has 1 saturated carbocycles. The molecule has 1 aliphatic carbocycles. The average molecular weight is 251 g/mol. The van der Waals surface area contributed by atoms with Crippen molar-refractivity contribution in [3.05, 3.63) is 24.3 Å². The topological polar surface area (TPSA) is 51.7 Å². The number of hydrogen-bond acceptors (Lipinski definition) is 4. The molecule has 5 nitrogen and oxygen atoms in total. The maximum atomic E-state index is 4.26. The molecule has 0 saturated heterocycles. The van der Waals surface area contributed by atoms with E-state index in [0.29, 0.717) is 12.7 Å². The van der Waals surface area contributed by atoms with Crippen molar-refractivity contribution in [3.8, 4) is 0 Å². The molecule has 0 radical (unpaired) electrons. The van der Waals surface area contributed by atoms with Gasteiger partial charge in [0.25, 0.3) is 0 Å². The van der Waals surface area contributed by atoms with Crippen LogP contribution in [0.2, 0.25) is 0 Å². The van der Waals surface area contributed by atoms with E-state index in [1.165, 1.54) is 18.5 Å². The molecular weight excluding hydrogens is 226 g/mol. The zero-order chi connectivity index (χ0) is 13.4. The molecule has 5 heteroatoms. The van der Waals surface area contributed by atoms with Crippen LogP contribution in [0.25, 0.3) is 0 Å². The van der Waals surface area contributed by atoms with Gasteiger partial charge in [-0.15, -0.1) is 0 Å². The third kappa shape index (κ3) is 6.18. The molecule has 0 aromatic rings. The fourth-order valence-electron chi connectivity index (χ4n) is 1.37. The van der Waals surface area contributed by atoms with Gasteiger partial charge in [-0.1, -0.05) is 13.5 Å². The van der Waals surface area contributed by atoms with Crippen molar-refractivity contribution >= 4 is 6.34 Å². The molecule has 0 aromatic heterocycles. The predicted octanol–water partition coefficient (Wildman–Crippen LogP) is 1.19. The number of allylic oxidation sites excluding steroid dienone is 1. The first-order valence-corrected chi connectivity index (χ1v) is 6.45. The van der Waals surface area contributed by atoms with Crippen LogP contribution < -0.4 is 16.0 Å². The lowest BCUT2D eigenvalue weighted by molar-refractivity contribution is 0.491. The highest BCUT2D eigenvalue weighted by Gasteiger charge is 2.20. The van der Waals surface area contributed by atoms with Crippen LogP contribution in [0, 0.1) is 0 Å². The molecule has 0 atom stereocenters. The summed E-state index contributed by atoms with van der Waals surface area (Å²) < 4.78 is 0. The van der Waals surface area contributed by atoms with Crippen LogP contribution in [0.3, 0.4) is 0 Å². The molecular formula is C13H25N5. The highest BCUT2D eigenvalue weighted by atomic mass is 15.2. The minimum Gasteiger partial charge on any atom is -0.390 e. The van der Waals surface area contributed by atoms with Crippen molar-refractivity contribution in [2.75, 3.05) is 20.8 Å². The van der Waals surface area contributed by atoms with Gasteiger partial charge in [0.15, 0.2) is 0 Å². The molecule has 18 heavy (non-hydrogen) atoms. The van der Waals surface area contributed by atoms with Gasteiger partial charge in [0.1, 0.15) is 5.82 Å². The van der Waals surface area contributed by atoms with E-state index >= 15 is 0 Å². The van der Waals surface area contributed by atoms with Gasteiger partial charge in [0.2, 0.25) is 0 Å². The Morgan fingerprint density at radius 3 is 2.78 bits per heavy atom. The lowest BCUT2D eigenvalue weighted by Gasteiger charge is -2.14. The zero-order valence-corrected chi connectivity index (χ0v) is 11.7. The molecule has 0 heterocycles. The second-order valence-electron chi connectivity index (χ2n) is 4.50. The fourth-order valence-corrected chi connectivity index (χ4v) is 1.37. The summed E-state index contributed by atoms with van der Waals surface area (Å²) in [5.74, 6) is 0.740. The Morgan fingerprint density at radius 2 is 2.22 bits per heavy atom. The average Bonchev–Trinajstić information content (AvgIpc) is 3.16. The molecule has 0 spiro atoms. The second-order valence-corrected chi connectivity index (χ2v) is 4.50. The van der Waals surface area contributed by atoms with Crippen molar-refractivity contribution < 1.29 is 0 Å². The van der Waals surface area contributed by atoms with Crippen LogP contribution in [0.4, 0.5) is 0 Å². The molecule has 0 bridgehead atoms. The summed E-state index contributed by atoms with van der Waals surface area (Å²) in [5, 5.41) is 9.59. The first-order chi connectivity index (χ1) is 8.65. The maximum absolute atomic E-state index is 4.26. The highest BCUT2D eigenvalue weighted by Crippen LogP contribution is 2.19. The summed E-state index contributed by atoms with van der Waals surface area (Å²) in [5.41, 5.74) is 1.18. The third-order valence-corrected chi connectivity index (χ3v) is 2.68. The second kappa shape index (κ2) is 7.63. The number of nitrogens with zero attached hydrogens (tertiary/aromatic N) is 2. The Hall–Kier alpha value is -1.65. The summed E-state index contributed by atoms with van der Waals surface area (Å²) in [6.07, 6.45) is 7.23. The lowest BCUT2D eigenvalue weighted by Crippen LogP contribution is -2.28. The van der Waals surface area contributed by atoms with Gasteiger partial charge in [-0.3, -0.25) is 0 Å². The van der Waals surface area contributed by atoms with Crippen LogP contribution in [-0.2, 0) is 0 Å². The number of rotatable bonds is 9. The van der Waals surface area contributed by atoms with Gasteiger partial charge in [-0.25, -0.2) is 4.99 Å². The van der Waals surface area contributed by atoms with Gasteiger partial charge in [0, 0.05) is 32.0 Å². The Labute approximate surface area is 110 Å². The molecule has 1 fully saturated rings. The first-order valence-electron chi connectivity index (χ1n) is 6.45. The van der Waals surface area contributed by atoms with E-state index in [9.17, 15) is 0 Å². The van der Waals surface area contributed by atoms with Crippen LogP contribution in [0.5, 0.6) is 0 Å². The normalized spacial score (nSPS) is 15.6. The van der Waals surface area contributed by atoms with Crippen molar-refractivity contribution in [2.24, 2.45) is 4.99 Å². The Bertz CT molecular complexity index is 311. The molecule has 102 valence electrons. The van der Waals surface area contributed by atoms with Crippen molar-refractivity contribution in [2.45, 2.75) is 32.2 Å². The molecule has 3 N–H and O–H groups in total. The predicted molar refractivity (Wildman–Crippen MR) is 77.0 cm³/mol. The summed E-state index contributed by atoms with van der Waals surface area (Å²) in [4.78, 5) is 6.23. The molecule has 0 aromatic carbocycles. The largest absolute Gasteiger partial charge is 0.390 e. The fraction of sp³-hybridized carbons (Fsp3) is 0.615. The number of aliphatic imine (C=N–C) groups is 1. The van der Waals surface area contributed by atoms with E-state index < -0.39 is 0 Å². The van der Waals surface area contributed by atoms with Gasteiger partial charge in [-0.05, 0) is 19.3 Å². The summed E-state index contributed by atoms with van der Waals surface area (Å²) >= 11 is 0.